The SMILES string of the molecule is CC(C)CN(C(=O)c1cnc(C(C)(C)C)nc1NCc1ccco1)C1CC(C(=O)O)CN(C(=O)OC(C)(C)C)C1. The van der Waals surface area contributed by atoms with Gasteiger partial charge in [-0.15, -0.1) is 0 Å². The minimum absolute atomic E-state index is 0.0177. The van der Waals surface area contributed by atoms with Gasteiger partial charge in [0.1, 0.15) is 28.6 Å². The Morgan fingerprint density at radius 2 is 1.90 bits per heavy atom. The number of ether oxygens (including phenoxy) is 1. The van der Waals surface area contributed by atoms with Gasteiger partial charge in [0.05, 0.1) is 24.8 Å². The van der Waals surface area contributed by atoms with Crippen LogP contribution in [0.2, 0.25) is 0 Å². The van der Waals surface area contributed by atoms with E-state index in [-0.39, 0.29) is 42.3 Å². The van der Waals surface area contributed by atoms with E-state index in [1.54, 1.807) is 38.0 Å². The Bertz CT molecular complexity index is 1180. The van der Waals surface area contributed by atoms with Crippen molar-refractivity contribution in [2.75, 3.05) is 25.0 Å². The van der Waals surface area contributed by atoms with Crippen LogP contribution >= 0.6 is 0 Å². The van der Waals surface area contributed by atoms with Crippen LogP contribution in [-0.4, -0.2) is 74.1 Å². The molecule has 0 aliphatic carbocycles. The highest BCUT2D eigenvalue weighted by Gasteiger charge is 2.40. The number of aliphatic carboxylic acids is 1. The number of anilines is 1. The van der Waals surface area contributed by atoms with Crippen LogP contribution in [-0.2, 0) is 21.5 Å². The minimum Gasteiger partial charge on any atom is -0.481 e. The molecule has 1 aliphatic rings. The van der Waals surface area contributed by atoms with E-state index < -0.39 is 29.6 Å². The summed E-state index contributed by atoms with van der Waals surface area (Å²) in [5, 5.41) is 13.1. The highest BCUT2D eigenvalue weighted by Crippen LogP contribution is 2.28. The average Bonchev–Trinajstić information content (AvgIpc) is 3.37. The van der Waals surface area contributed by atoms with Gasteiger partial charge in [0.15, 0.2) is 0 Å². The van der Waals surface area contributed by atoms with Crippen LogP contribution in [0.3, 0.4) is 0 Å². The van der Waals surface area contributed by atoms with Gasteiger partial charge in [0.25, 0.3) is 5.91 Å². The van der Waals surface area contributed by atoms with E-state index in [4.69, 9.17) is 14.1 Å². The zero-order valence-electron chi connectivity index (χ0n) is 24.9. The number of carboxylic acid groups (broad SMARTS) is 1. The first-order valence-corrected chi connectivity index (χ1v) is 13.7. The van der Waals surface area contributed by atoms with Gasteiger partial charge in [-0.2, -0.15) is 0 Å². The number of piperidine rings is 1. The highest BCUT2D eigenvalue weighted by atomic mass is 16.6. The Balaban J connectivity index is 1.99. The van der Waals surface area contributed by atoms with E-state index in [1.165, 1.54) is 11.1 Å². The van der Waals surface area contributed by atoms with E-state index in [2.05, 4.69) is 10.3 Å². The standard InChI is InChI=1S/C29H43N5O6/c1-18(2)15-34(20-12-19(25(36)37)16-33(17-20)27(38)40-29(6,7)8)24(35)22-14-31-26(28(3,4)5)32-23(22)30-13-21-10-9-11-39-21/h9-11,14,18-20H,12-13,15-17H2,1-8H3,(H,36,37)(H,30,31,32). The molecule has 2 amide bonds. The zero-order chi connectivity index (χ0) is 29.8. The van der Waals surface area contributed by atoms with E-state index >= 15 is 0 Å². The van der Waals surface area contributed by atoms with Crippen LogP contribution < -0.4 is 5.32 Å². The molecule has 1 aliphatic heterocycles. The third-order valence-electron chi connectivity index (χ3n) is 6.39. The second-order valence-corrected chi connectivity index (χ2v) is 12.8. The van der Waals surface area contributed by atoms with Gasteiger partial charge in [0, 0.05) is 31.2 Å². The molecule has 0 saturated carbocycles. The highest BCUT2D eigenvalue weighted by molar-refractivity contribution is 5.98. The maximum Gasteiger partial charge on any atom is 0.410 e. The van der Waals surface area contributed by atoms with Crippen molar-refractivity contribution in [2.45, 2.75) is 85.4 Å². The van der Waals surface area contributed by atoms with Gasteiger partial charge < -0.3 is 29.4 Å². The molecular weight excluding hydrogens is 514 g/mol. The molecule has 2 N–H and O–H groups in total. The molecule has 3 heterocycles. The summed E-state index contributed by atoms with van der Waals surface area (Å²) in [6.07, 6.45) is 2.71. The quantitative estimate of drug-likeness (QED) is 0.469. The van der Waals surface area contributed by atoms with E-state index in [1.807, 2.05) is 40.7 Å². The van der Waals surface area contributed by atoms with E-state index in [0.717, 1.165) is 0 Å². The summed E-state index contributed by atoms with van der Waals surface area (Å²) in [4.78, 5) is 51.5. The summed E-state index contributed by atoms with van der Waals surface area (Å²) in [6, 6.07) is 3.06. The molecule has 3 rings (SSSR count). The third-order valence-corrected chi connectivity index (χ3v) is 6.39. The molecule has 2 atom stereocenters. The summed E-state index contributed by atoms with van der Waals surface area (Å²) in [5.41, 5.74) is -0.829. The lowest BCUT2D eigenvalue weighted by molar-refractivity contribution is -0.144. The predicted molar refractivity (Wildman–Crippen MR) is 150 cm³/mol. The lowest BCUT2D eigenvalue weighted by Gasteiger charge is -2.42. The second kappa shape index (κ2) is 12.3. The first-order valence-electron chi connectivity index (χ1n) is 13.7. The fourth-order valence-corrected chi connectivity index (χ4v) is 4.52. The molecule has 0 spiro atoms. The monoisotopic (exact) mass is 557 g/mol. The number of hydrogen-bond donors (Lipinski definition) is 2. The first-order chi connectivity index (χ1) is 18.5. The largest absolute Gasteiger partial charge is 0.481 e. The van der Waals surface area contributed by atoms with Crippen LogP contribution in [0.4, 0.5) is 10.6 Å². The fraction of sp³-hybridized carbons (Fsp3) is 0.621. The molecular formula is C29H43N5O6. The van der Waals surface area contributed by atoms with Crippen LogP contribution in [0.15, 0.2) is 29.0 Å². The number of carboxylic acids is 1. The van der Waals surface area contributed by atoms with Gasteiger partial charge in [-0.3, -0.25) is 9.59 Å². The molecule has 11 nitrogen and oxygen atoms in total. The third kappa shape index (κ3) is 8.19. The number of amides is 2. The normalized spacial score (nSPS) is 18.0. The van der Waals surface area contributed by atoms with Crippen molar-refractivity contribution in [2.24, 2.45) is 11.8 Å². The number of nitrogens with one attached hydrogen (secondary N) is 1. The first kappa shape index (κ1) is 30.9. The van der Waals surface area contributed by atoms with Gasteiger partial charge >= 0.3 is 12.1 Å². The van der Waals surface area contributed by atoms with Crippen molar-refractivity contribution in [1.29, 1.82) is 0 Å². The van der Waals surface area contributed by atoms with Gasteiger partial charge in [-0.05, 0) is 45.2 Å². The Morgan fingerprint density at radius 1 is 1.20 bits per heavy atom. The topological polar surface area (TPSA) is 138 Å². The molecule has 0 aromatic carbocycles. The maximum atomic E-state index is 14.2. The summed E-state index contributed by atoms with van der Waals surface area (Å²) in [6.45, 7) is 16.1. The molecule has 0 radical (unpaired) electrons. The van der Waals surface area contributed by atoms with Gasteiger partial charge in [0.2, 0.25) is 0 Å². The molecule has 220 valence electrons. The Labute approximate surface area is 236 Å². The molecule has 11 heteroatoms. The summed E-state index contributed by atoms with van der Waals surface area (Å²) in [5.74, 6) is -0.503. The number of carbonyl (C=O) groups excluding carboxylic acids is 2. The fourth-order valence-electron chi connectivity index (χ4n) is 4.52. The molecule has 40 heavy (non-hydrogen) atoms. The van der Waals surface area contributed by atoms with Crippen LogP contribution in [0.1, 0.15) is 83.8 Å². The summed E-state index contributed by atoms with van der Waals surface area (Å²) < 4.78 is 11.0. The van der Waals surface area contributed by atoms with Crippen molar-refractivity contribution in [3.63, 3.8) is 0 Å². The van der Waals surface area contributed by atoms with E-state index in [9.17, 15) is 19.5 Å². The maximum absolute atomic E-state index is 14.2. The van der Waals surface area contributed by atoms with Crippen LogP contribution in [0.5, 0.6) is 0 Å². The Kier molecular flexibility index (Phi) is 9.48. The second-order valence-electron chi connectivity index (χ2n) is 12.8. The van der Waals surface area contributed by atoms with Crippen molar-refractivity contribution >= 4 is 23.8 Å². The smallest absolute Gasteiger partial charge is 0.410 e. The lowest BCUT2D eigenvalue weighted by Crippen LogP contribution is -2.56. The molecule has 1 fully saturated rings. The molecule has 2 aromatic heterocycles. The van der Waals surface area contributed by atoms with Crippen molar-refractivity contribution in [3.05, 3.63) is 41.7 Å². The molecule has 1 saturated heterocycles. The summed E-state index contributed by atoms with van der Waals surface area (Å²) >= 11 is 0. The van der Waals surface area contributed by atoms with Crippen LogP contribution in [0.25, 0.3) is 0 Å². The van der Waals surface area contributed by atoms with E-state index in [0.29, 0.717) is 30.5 Å². The number of nitrogens with zero attached hydrogens (tertiary/aromatic N) is 4. The number of furan rings is 1. The number of rotatable bonds is 8. The number of hydrogen-bond acceptors (Lipinski definition) is 8. The number of carbonyl (C=O) groups is 3. The Morgan fingerprint density at radius 3 is 2.45 bits per heavy atom. The number of aromatic nitrogens is 2. The molecule has 0 bridgehead atoms. The van der Waals surface area contributed by atoms with Crippen LogP contribution in [0, 0.1) is 11.8 Å². The number of likely N-dealkylation sites (tertiary alicyclic amines) is 1. The Hall–Kier alpha value is -3.63. The molecule has 2 unspecified atom stereocenters. The average molecular weight is 558 g/mol. The van der Waals surface area contributed by atoms with Gasteiger partial charge in [-0.1, -0.05) is 34.6 Å². The van der Waals surface area contributed by atoms with Crippen molar-refractivity contribution in [1.82, 2.24) is 19.8 Å². The minimum atomic E-state index is -1.02. The summed E-state index contributed by atoms with van der Waals surface area (Å²) in [7, 11) is 0. The zero-order valence-corrected chi connectivity index (χ0v) is 24.9. The van der Waals surface area contributed by atoms with Gasteiger partial charge in [-0.25, -0.2) is 14.8 Å². The predicted octanol–water partition coefficient (Wildman–Crippen LogP) is 4.79. The van der Waals surface area contributed by atoms with Crippen molar-refractivity contribution in [3.8, 4) is 0 Å². The van der Waals surface area contributed by atoms with Crippen molar-refractivity contribution < 1.29 is 28.6 Å². The lowest BCUT2D eigenvalue weighted by atomic mass is 9.92. The molecule has 2 aromatic rings.